The van der Waals surface area contributed by atoms with E-state index < -0.39 is 0 Å². The second kappa shape index (κ2) is 8.19. The van der Waals surface area contributed by atoms with Crippen molar-refractivity contribution in [2.45, 2.75) is 27.7 Å². The quantitative estimate of drug-likeness (QED) is 0.722. The number of rotatable bonds is 7. The molecule has 0 fully saturated rings. The van der Waals surface area contributed by atoms with Crippen LogP contribution < -0.4 is 14.6 Å². The summed E-state index contributed by atoms with van der Waals surface area (Å²) < 4.78 is 11.1. The molecular formula is C15H22O3P-. The van der Waals surface area contributed by atoms with Crippen molar-refractivity contribution < 1.29 is 14.6 Å². The number of ether oxygens (including phenoxy) is 2. The van der Waals surface area contributed by atoms with Gasteiger partial charge in [0.25, 0.3) is 0 Å². The molecule has 0 aliphatic rings. The number of hydrogen-bond acceptors (Lipinski definition) is 3. The Bertz CT molecular complexity index is 403. The summed E-state index contributed by atoms with van der Waals surface area (Å²) >= 11 is 0. The van der Waals surface area contributed by atoms with Gasteiger partial charge in [-0.25, -0.2) is 0 Å². The van der Waals surface area contributed by atoms with Crippen LogP contribution in [0.15, 0.2) is 18.2 Å². The third-order valence-corrected chi connectivity index (χ3v) is 3.83. The van der Waals surface area contributed by atoms with Gasteiger partial charge in [-0.1, -0.05) is 19.9 Å². The molecule has 0 amide bonds. The Morgan fingerprint density at radius 2 is 1.68 bits per heavy atom. The standard InChI is InChI=1S/C15H23O3P/c1-5-17-12-8-7-9-13(18-6-2)14(12)15(16)19-10-11(3)4/h7-9,11,16H,5-6,10H2,1-4H3/p-1. The van der Waals surface area contributed by atoms with Crippen LogP contribution in [0.3, 0.4) is 0 Å². The molecule has 0 bridgehead atoms. The lowest BCUT2D eigenvalue weighted by Crippen LogP contribution is -2.19. The highest BCUT2D eigenvalue weighted by Crippen LogP contribution is 2.30. The van der Waals surface area contributed by atoms with E-state index in [0.29, 0.717) is 36.2 Å². The molecule has 0 aliphatic heterocycles. The molecule has 0 spiro atoms. The minimum Gasteiger partial charge on any atom is -0.823 e. The Morgan fingerprint density at radius 3 is 2.11 bits per heavy atom. The number of hydrogen-bond donors (Lipinski definition) is 0. The molecule has 4 heteroatoms. The monoisotopic (exact) mass is 281 g/mol. The first-order chi connectivity index (χ1) is 9.10. The summed E-state index contributed by atoms with van der Waals surface area (Å²) in [6.07, 6.45) is 0.852. The van der Waals surface area contributed by atoms with Crippen molar-refractivity contribution in [2.24, 2.45) is 5.92 Å². The lowest BCUT2D eigenvalue weighted by molar-refractivity contribution is -0.207. The maximum absolute atomic E-state index is 12.4. The first kappa shape index (κ1) is 16.0. The minimum absolute atomic E-state index is 0.0706. The van der Waals surface area contributed by atoms with Crippen LogP contribution in [-0.2, 0) is 0 Å². The van der Waals surface area contributed by atoms with Gasteiger partial charge in [-0.15, -0.1) is 13.7 Å². The zero-order chi connectivity index (χ0) is 14.3. The van der Waals surface area contributed by atoms with Gasteiger partial charge in [0.05, 0.1) is 13.2 Å². The van der Waals surface area contributed by atoms with Crippen LogP contribution in [0.4, 0.5) is 0 Å². The van der Waals surface area contributed by atoms with Gasteiger partial charge in [-0.3, -0.25) is 0 Å². The molecule has 106 valence electrons. The molecule has 0 heterocycles. The van der Waals surface area contributed by atoms with Crippen LogP contribution in [-0.4, -0.2) is 24.9 Å². The van der Waals surface area contributed by atoms with Crippen molar-refractivity contribution in [3.63, 3.8) is 0 Å². The van der Waals surface area contributed by atoms with E-state index in [-0.39, 0.29) is 5.48 Å². The van der Waals surface area contributed by atoms with Gasteiger partial charge in [0.15, 0.2) is 0 Å². The smallest absolute Gasteiger partial charge is 0.129 e. The summed E-state index contributed by atoms with van der Waals surface area (Å²) in [6, 6.07) is 5.50. The van der Waals surface area contributed by atoms with Gasteiger partial charge in [-0.05, 0) is 38.1 Å². The predicted octanol–water partition coefficient (Wildman–Crippen LogP) is 2.92. The Morgan fingerprint density at radius 1 is 1.16 bits per heavy atom. The van der Waals surface area contributed by atoms with Crippen molar-refractivity contribution in [1.82, 2.24) is 0 Å². The first-order valence-corrected chi connectivity index (χ1v) is 7.78. The van der Waals surface area contributed by atoms with Gasteiger partial charge in [0.2, 0.25) is 0 Å². The van der Waals surface area contributed by atoms with Gasteiger partial charge in [0, 0.05) is 5.56 Å². The van der Waals surface area contributed by atoms with E-state index in [2.05, 4.69) is 13.8 Å². The summed E-state index contributed by atoms with van der Waals surface area (Å²) in [5.74, 6) is 1.74. The summed E-state index contributed by atoms with van der Waals surface area (Å²) in [5.41, 5.74) is 0.648. The highest BCUT2D eigenvalue weighted by Gasteiger charge is 2.09. The highest BCUT2D eigenvalue weighted by molar-refractivity contribution is 7.40. The van der Waals surface area contributed by atoms with Gasteiger partial charge >= 0.3 is 0 Å². The molecule has 1 aromatic rings. The second-order valence-electron chi connectivity index (χ2n) is 4.53. The van der Waals surface area contributed by atoms with Gasteiger partial charge in [-0.2, -0.15) is 0 Å². The van der Waals surface area contributed by atoms with Crippen LogP contribution >= 0.6 is 8.20 Å². The largest absolute Gasteiger partial charge is 0.823 e. The van der Waals surface area contributed by atoms with E-state index in [1.807, 2.05) is 32.0 Å². The molecule has 0 saturated carbocycles. The van der Waals surface area contributed by atoms with Crippen LogP contribution in [0.25, 0.3) is 0 Å². The molecule has 0 aliphatic carbocycles. The fraction of sp³-hybridized carbons (Fsp3) is 0.533. The Kier molecular flexibility index (Phi) is 6.90. The van der Waals surface area contributed by atoms with E-state index >= 15 is 0 Å². The Hall–Kier alpha value is -1.05. The predicted molar refractivity (Wildman–Crippen MR) is 79.5 cm³/mol. The van der Waals surface area contributed by atoms with Crippen molar-refractivity contribution in [2.75, 3.05) is 19.4 Å². The van der Waals surface area contributed by atoms with Crippen molar-refractivity contribution >= 4 is 13.7 Å². The zero-order valence-electron chi connectivity index (χ0n) is 12.1. The summed E-state index contributed by atoms with van der Waals surface area (Å²) in [7, 11) is 0.793. The molecule has 0 aromatic heterocycles. The number of benzene rings is 1. The molecular weight excluding hydrogens is 259 g/mol. The fourth-order valence-corrected chi connectivity index (χ4v) is 2.53. The SMILES string of the molecule is CCOc1cccc(OCC)c1C([O-])=PCC(C)C. The summed E-state index contributed by atoms with van der Waals surface area (Å²) in [6.45, 7) is 9.12. The van der Waals surface area contributed by atoms with Crippen molar-refractivity contribution in [1.29, 1.82) is 0 Å². The molecule has 1 rings (SSSR count). The third kappa shape index (κ3) is 4.85. The van der Waals surface area contributed by atoms with Gasteiger partial charge in [0.1, 0.15) is 11.5 Å². The van der Waals surface area contributed by atoms with E-state index in [0.717, 1.165) is 14.4 Å². The Labute approximate surface area is 117 Å². The average Bonchev–Trinajstić information content (AvgIpc) is 2.37. The lowest BCUT2D eigenvalue weighted by Gasteiger charge is -2.20. The molecule has 0 atom stereocenters. The van der Waals surface area contributed by atoms with Crippen LogP contribution in [0.1, 0.15) is 33.3 Å². The van der Waals surface area contributed by atoms with E-state index in [9.17, 15) is 5.11 Å². The summed E-state index contributed by atoms with van der Waals surface area (Å²) in [4.78, 5) is 0. The normalized spacial score (nSPS) is 11.8. The molecule has 0 radical (unpaired) electrons. The lowest BCUT2D eigenvalue weighted by atomic mass is 10.2. The average molecular weight is 281 g/mol. The summed E-state index contributed by atoms with van der Waals surface area (Å²) in [5, 5.41) is 12.4. The first-order valence-electron chi connectivity index (χ1n) is 6.70. The molecule has 19 heavy (non-hydrogen) atoms. The van der Waals surface area contributed by atoms with Crippen molar-refractivity contribution in [3.05, 3.63) is 23.8 Å². The molecule has 3 nitrogen and oxygen atoms in total. The maximum Gasteiger partial charge on any atom is 0.129 e. The van der Waals surface area contributed by atoms with Crippen molar-refractivity contribution in [3.8, 4) is 11.5 Å². The van der Waals surface area contributed by atoms with E-state index in [1.165, 1.54) is 0 Å². The van der Waals surface area contributed by atoms with E-state index in [4.69, 9.17) is 9.47 Å². The second-order valence-corrected chi connectivity index (χ2v) is 5.62. The third-order valence-electron chi connectivity index (χ3n) is 2.40. The highest BCUT2D eigenvalue weighted by atomic mass is 31.1. The molecule has 0 unspecified atom stereocenters. The van der Waals surface area contributed by atoms with Gasteiger partial charge < -0.3 is 14.6 Å². The fourth-order valence-electron chi connectivity index (χ4n) is 1.62. The topological polar surface area (TPSA) is 41.5 Å². The minimum atomic E-state index is 0.0706. The maximum atomic E-state index is 12.4. The van der Waals surface area contributed by atoms with Crippen LogP contribution in [0, 0.1) is 5.92 Å². The van der Waals surface area contributed by atoms with E-state index in [1.54, 1.807) is 0 Å². The zero-order valence-corrected chi connectivity index (χ0v) is 13.0. The molecule has 0 N–H and O–H groups in total. The van der Waals surface area contributed by atoms with Crippen LogP contribution in [0.5, 0.6) is 11.5 Å². The molecule has 0 saturated heterocycles. The molecule has 1 aromatic carbocycles. The van der Waals surface area contributed by atoms with Crippen LogP contribution in [0.2, 0.25) is 0 Å². The Balaban J connectivity index is 3.15.